The maximum atomic E-state index is 5.52. The van der Waals surface area contributed by atoms with Crippen LogP contribution < -0.4 is 10.2 Å². The normalized spacial score (nSPS) is 25.3. The number of rotatable bonds is 4. The molecule has 3 aliphatic heterocycles. The zero-order chi connectivity index (χ0) is 18.4. The highest BCUT2D eigenvalue weighted by Crippen LogP contribution is 2.42. The SMILES string of the molecule is CCOc1ccc(C2=Nn3nnnc3C(C34N=NN=C3NN=C4C)C2)cc1. The van der Waals surface area contributed by atoms with Gasteiger partial charge in [-0.05, 0) is 59.3 Å². The summed E-state index contributed by atoms with van der Waals surface area (Å²) in [5.74, 6) is 1.79. The van der Waals surface area contributed by atoms with Gasteiger partial charge in [0.1, 0.15) is 5.75 Å². The molecule has 2 atom stereocenters. The minimum Gasteiger partial charge on any atom is -0.494 e. The lowest BCUT2D eigenvalue weighted by atomic mass is 9.76. The summed E-state index contributed by atoms with van der Waals surface area (Å²) in [6, 6.07) is 7.81. The summed E-state index contributed by atoms with van der Waals surface area (Å²) in [4.78, 5) is 1.45. The van der Waals surface area contributed by atoms with Gasteiger partial charge >= 0.3 is 0 Å². The van der Waals surface area contributed by atoms with Crippen molar-refractivity contribution in [3.8, 4) is 5.75 Å². The smallest absolute Gasteiger partial charge is 0.194 e. The van der Waals surface area contributed by atoms with Gasteiger partial charge in [-0.3, -0.25) is 5.43 Å². The Bertz CT molecular complexity index is 1020. The maximum absolute atomic E-state index is 5.52. The molecular formula is C16H16N10O. The summed E-state index contributed by atoms with van der Waals surface area (Å²) in [7, 11) is 0. The molecule has 27 heavy (non-hydrogen) atoms. The van der Waals surface area contributed by atoms with Gasteiger partial charge in [-0.2, -0.15) is 10.2 Å². The predicted molar refractivity (Wildman–Crippen MR) is 96.0 cm³/mol. The molecule has 1 aromatic heterocycles. The summed E-state index contributed by atoms with van der Waals surface area (Å²) in [6.07, 6.45) is 0.570. The molecule has 3 aliphatic rings. The Morgan fingerprint density at radius 3 is 2.96 bits per heavy atom. The second-order valence-electron chi connectivity index (χ2n) is 6.40. The number of hydrogen-bond acceptors (Lipinski definition) is 10. The summed E-state index contributed by atoms with van der Waals surface area (Å²) >= 11 is 0. The van der Waals surface area contributed by atoms with E-state index in [2.05, 4.69) is 46.6 Å². The number of fused-ring (bicyclic) bond motifs is 2. The van der Waals surface area contributed by atoms with Crippen LogP contribution in [0.1, 0.15) is 37.6 Å². The van der Waals surface area contributed by atoms with Crippen LogP contribution in [0.3, 0.4) is 0 Å². The van der Waals surface area contributed by atoms with E-state index in [0.717, 1.165) is 22.7 Å². The van der Waals surface area contributed by atoms with Gasteiger partial charge < -0.3 is 4.74 Å². The van der Waals surface area contributed by atoms with E-state index in [1.165, 1.54) is 4.79 Å². The average Bonchev–Trinajstić information content (AvgIpc) is 3.39. The van der Waals surface area contributed by atoms with Gasteiger partial charge in [0.2, 0.25) is 0 Å². The topological polar surface area (TPSA) is 127 Å². The fourth-order valence-electron chi connectivity index (χ4n) is 3.65. The van der Waals surface area contributed by atoms with E-state index in [9.17, 15) is 0 Å². The molecular weight excluding hydrogens is 348 g/mol. The number of nitrogens with one attached hydrogen (secondary N) is 1. The van der Waals surface area contributed by atoms with Crippen LogP contribution in [-0.4, -0.2) is 49.7 Å². The molecule has 5 rings (SSSR count). The van der Waals surface area contributed by atoms with Gasteiger partial charge in [-0.1, -0.05) is 0 Å². The number of hydrogen-bond donors (Lipinski definition) is 1. The number of nitrogens with zero attached hydrogens (tertiary/aromatic N) is 9. The first-order chi connectivity index (χ1) is 13.2. The molecule has 0 bridgehead atoms. The van der Waals surface area contributed by atoms with E-state index in [1.54, 1.807) is 0 Å². The monoisotopic (exact) mass is 364 g/mol. The Hall–Kier alpha value is -3.50. The Labute approximate surface area is 153 Å². The van der Waals surface area contributed by atoms with Crippen molar-refractivity contribution in [2.24, 2.45) is 25.6 Å². The van der Waals surface area contributed by atoms with Crippen LogP contribution in [0.25, 0.3) is 0 Å². The Morgan fingerprint density at radius 1 is 1.30 bits per heavy atom. The van der Waals surface area contributed by atoms with Crippen LogP contribution in [0.5, 0.6) is 5.75 Å². The third-order valence-electron chi connectivity index (χ3n) is 4.99. The lowest BCUT2D eigenvalue weighted by molar-refractivity contribution is 0.340. The highest BCUT2D eigenvalue weighted by Gasteiger charge is 2.56. The van der Waals surface area contributed by atoms with E-state index >= 15 is 0 Å². The van der Waals surface area contributed by atoms with Crippen LogP contribution in [0, 0.1) is 0 Å². The first kappa shape index (κ1) is 15.7. The second kappa shape index (κ2) is 5.76. The zero-order valence-corrected chi connectivity index (χ0v) is 14.7. The number of benzene rings is 1. The van der Waals surface area contributed by atoms with Gasteiger partial charge in [0.15, 0.2) is 17.2 Å². The summed E-state index contributed by atoms with van der Waals surface area (Å²) in [6.45, 7) is 4.48. The third-order valence-corrected chi connectivity index (χ3v) is 4.99. The fraction of sp³-hybridized carbons (Fsp3) is 0.375. The van der Waals surface area contributed by atoms with Gasteiger partial charge in [0.25, 0.3) is 0 Å². The number of tetrazole rings is 1. The largest absolute Gasteiger partial charge is 0.494 e. The molecule has 2 aromatic rings. The highest BCUT2D eigenvalue weighted by atomic mass is 16.5. The first-order valence-electron chi connectivity index (χ1n) is 8.63. The van der Waals surface area contributed by atoms with Crippen LogP contribution >= 0.6 is 0 Å². The molecule has 11 nitrogen and oxygen atoms in total. The van der Waals surface area contributed by atoms with E-state index in [-0.39, 0.29) is 5.92 Å². The van der Waals surface area contributed by atoms with Crippen molar-refractivity contribution in [3.05, 3.63) is 35.7 Å². The van der Waals surface area contributed by atoms with Crippen LogP contribution in [0.2, 0.25) is 0 Å². The first-order valence-corrected chi connectivity index (χ1v) is 8.63. The summed E-state index contributed by atoms with van der Waals surface area (Å²) in [5.41, 5.74) is 4.69. The van der Waals surface area contributed by atoms with E-state index in [1.807, 2.05) is 38.1 Å². The standard InChI is InChI=1S/C16H16N10O/c1-3-27-11-6-4-10(5-7-11)13-8-12(14-18-24-25-26(14)21-13)16-9(2)17-19-15(16)20-23-22-16/h4-7,12H,3,8H2,1-2H3,(H,19,20,22). The molecule has 1 N–H and O–H groups in total. The zero-order valence-electron chi connectivity index (χ0n) is 14.7. The van der Waals surface area contributed by atoms with Crippen LogP contribution in [0.15, 0.2) is 49.9 Å². The summed E-state index contributed by atoms with van der Waals surface area (Å²) < 4.78 is 5.52. The van der Waals surface area contributed by atoms with E-state index in [4.69, 9.17) is 4.74 Å². The molecule has 0 aliphatic carbocycles. The Balaban J connectivity index is 1.57. The second-order valence-corrected chi connectivity index (χ2v) is 6.40. The molecule has 136 valence electrons. The molecule has 2 unspecified atom stereocenters. The predicted octanol–water partition coefficient (Wildman–Crippen LogP) is 1.31. The van der Waals surface area contributed by atoms with Crippen molar-refractivity contribution in [2.75, 3.05) is 6.61 Å². The molecule has 4 heterocycles. The van der Waals surface area contributed by atoms with Gasteiger partial charge in [0, 0.05) is 6.42 Å². The Kier molecular flexibility index (Phi) is 3.35. The molecule has 0 radical (unpaired) electrons. The molecule has 11 heteroatoms. The molecule has 1 aromatic carbocycles. The third kappa shape index (κ3) is 2.20. The number of amidine groups is 1. The van der Waals surface area contributed by atoms with Gasteiger partial charge in [-0.25, -0.2) is 0 Å². The van der Waals surface area contributed by atoms with Crippen molar-refractivity contribution < 1.29 is 4.74 Å². The molecule has 0 saturated heterocycles. The fourth-order valence-corrected chi connectivity index (χ4v) is 3.65. The van der Waals surface area contributed by atoms with Gasteiger partial charge in [-0.15, -0.1) is 20.1 Å². The minimum atomic E-state index is -0.821. The van der Waals surface area contributed by atoms with Crippen molar-refractivity contribution in [2.45, 2.75) is 31.7 Å². The lowest BCUT2D eigenvalue weighted by Gasteiger charge is -2.31. The molecule has 0 amide bonds. The number of aromatic nitrogens is 4. The average molecular weight is 364 g/mol. The number of hydrazone groups is 1. The molecule has 0 fully saturated rings. The van der Waals surface area contributed by atoms with Crippen LogP contribution in [0.4, 0.5) is 0 Å². The molecule has 0 saturated carbocycles. The Morgan fingerprint density at radius 2 is 2.15 bits per heavy atom. The lowest BCUT2D eigenvalue weighted by Crippen LogP contribution is -2.48. The van der Waals surface area contributed by atoms with Gasteiger partial charge in [0.05, 0.1) is 23.9 Å². The maximum Gasteiger partial charge on any atom is 0.194 e. The van der Waals surface area contributed by atoms with E-state index < -0.39 is 5.54 Å². The van der Waals surface area contributed by atoms with E-state index in [0.29, 0.717) is 24.7 Å². The van der Waals surface area contributed by atoms with Crippen LogP contribution in [-0.2, 0) is 0 Å². The molecule has 0 spiro atoms. The summed E-state index contributed by atoms with van der Waals surface area (Å²) in [5, 5.41) is 33.3. The minimum absolute atomic E-state index is 0.227. The number of ether oxygens (including phenoxy) is 1. The van der Waals surface area contributed by atoms with Crippen molar-refractivity contribution in [1.29, 1.82) is 0 Å². The van der Waals surface area contributed by atoms with Crippen molar-refractivity contribution in [3.63, 3.8) is 0 Å². The highest BCUT2D eigenvalue weighted by molar-refractivity contribution is 6.20. The van der Waals surface area contributed by atoms with Crippen molar-refractivity contribution >= 4 is 17.3 Å². The quantitative estimate of drug-likeness (QED) is 0.875. The van der Waals surface area contributed by atoms with Crippen molar-refractivity contribution in [1.82, 2.24) is 25.7 Å².